The molecule has 5 rings (SSSR count). The van der Waals surface area contributed by atoms with Crippen molar-refractivity contribution < 1.29 is 4.79 Å². The van der Waals surface area contributed by atoms with Crippen LogP contribution in [0.25, 0.3) is 22.5 Å². The van der Waals surface area contributed by atoms with Crippen molar-refractivity contribution in [3.63, 3.8) is 0 Å². The number of carbonyl (C=O) groups is 1. The summed E-state index contributed by atoms with van der Waals surface area (Å²) in [6, 6.07) is 8.11. The molecule has 0 aliphatic heterocycles. The molecular weight excluding hydrogens is 414 g/mol. The Labute approximate surface area is 193 Å². The Hall–Kier alpha value is -3.55. The zero-order valence-corrected chi connectivity index (χ0v) is 19.4. The summed E-state index contributed by atoms with van der Waals surface area (Å²) >= 11 is 0. The van der Waals surface area contributed by atoms with E-state index in [1.54, 1.807) is 10.9 Å². The summed E-state index contributed by atoms with van der Waals surface area (Å²) < 4.78 is 3.51. The van der Waals surface area contributed by atoms with Gasteiger partial charge in [0.15, 0.2) is 11.5 Å². The number of amides is 1. The van der Waals surface area contributed by atoms with Gasteiger partial charge in [0.2, 0.25) is 5.91 Å². The summed E-state index contributed by atoms with van der Waals surface area (Å²) in [7, 11) is 0. The smallest absolute Gasteiger partial charge is 0.225 e. The van der Waals surface area contributed by atoms with Crippen LogP contribution in [0.15, 0.2) is 36.8 Å². The molecule has 1 amide bonds. The molecule has 0 atom stereocenters. The molecule has 1 aromatic carbocycles. The molecule has 3 heterocycles. The number of aryl methyl sites for hydroxylation is 3. The Morgan fingerprint density at radius 3 is 2.70 bits per heavy atom. The Bertz CT molecular complexity index is 1310. The average molecular weight is 444 g/mol. The van der Waals surface area contributed by atoms with Crippen LogP contribution in [0.2, 0.25) is 0 Å². The van der Waals surface area contributed by atoms with E-state index in [2.05, 4.69) is 51.5 Å². The first-order chi connectivity index (χ1) is 16.0. The third kappa shape index (κ3) is 4.25. The number of rotatable bonds is 6. The zero-order chi connectivity index (χ0) is 22.9. The molecule has 8 heteroatoms. The average Bonchev–Trinajstić information content (AvgIpc) is 3.52. The first kappa shape index (κ1) is 21.3. The molecule has 3 aromatic heterocycles. The molecule has 4 aromatic rings. The van der Waals surface area contributed by atoms with Gasteiger partial charge >= 0.3 is 0 Å². The lowest BCUT2D eigenvalue weighted by Gasteiger charge is -2.11. The summed E-state index contributed by atoms with van der Waals surface area (Å²) in [6.45, 7) is 6.04. The number of nitrogens with zero attached hydrogens (tertiary/aromatic N) is 6. The highest BCUT2D eigenvalue weighted by molar-refractivity contribution is 5.91. The van der Waals surface area contributed by atoms with Crippen LogP contribution in [-0.4, -0.2) is 35.4 Å². The van der Waals surface area contributed by atoms with Crippen molar-refractivity contribution in [2.24, 2.45) is 5.92 Å². The van der Waals surface area contributed by atoms with Crippen molar-refractivity contribution in [3.05, 3.63) is 53.6 Å². The number of hydrogen-bond donors (Lipinski definition) is 1. The van der Waals surface area contributed by atoms with Crippen LogP contribution < -0.4 is 5.32 Å². The highest BCUT2D eigenvalue weighted by Gasteiger charge is 2.20. The lowest BCUT2D eigenvalue weighted by atomic mass is 10.0. The predicted molar refractivity (Wildman–Crippen MR) is 128 cm³/mol. The van der Waals surface area contributed by atoms with Crippen LogP contribution in [0.5, 0.6) is 0 Å². The van der Waals surface area contributed by atoms with E-state index in [0.29, 0.717) is 29.6 Å². The second kappa shape index (κ2) is 8.77. The molecule has 8 nitrogen and oxygen atoms in total. The maximum atomic E-state index is 12.7. The minimum absolute atomic E-state index is 0.0133. The first-order valence-corrected chi connectivity index (χ1v) is 11.6. The summed E-state index contributed by atoms with van der Waals surface area (Å²) in [6.07, 6.45) is 9.81. The van der Waals surface area contributed by atoms with E-state index < -0.39 is 0 Å². The molecule has 1 N–H and O–H groups in total. The third-order valence-electron chi connectivity index (χ3n) is 6.48. The molecule has 1 aliphatic rings. The van der Waals surface area contributed by atoms with E-state index in [0.717, 1.165) is 28.8 Å². The van der Waals surface area contributed by atoms with Gasteiger partial charge in [0.1, 0.15) is 12.1 Å². The normalized spacial score (nSPS) is 14.3. The zero-order valence-electron chi connectivity index (χ0n) is 19.4. The molecule has 1 saturated carbocycles. The molecule has 1 aliphatic carbocycles. The van der Waals surface area contributed by atoms with Crippen LogP contribution in [0.4, 0.5) is 5.82 Å². The van der Waals surface area contributed by atoms with E-state index in [-0.39, 0.29) is 5.91 Å². The van der Waals surface area contributed by atoms with Crippen LogP contribution in [-0.2, 0) is 4.79 Å². The third-order valence-corrected chi connectivity index (χ3v) is 6.48. The van der Waals surface area contributed by atoms with Crippen molar-refractivity contribution in [3.8, 4) is 11.5 Å². The molecule has 33 heavy (non-hydrogen) atoms. The van der Waals surface area contributed by atoms with Gasteiger partial charge in [-0.25, -0.2) is 14.6 Å². The summed E-state index contributed by atoms with van der Waals surface area (Å²) in [5.41, 5.74) is 4.78. The quantitative estimate of drug-likeness (QED) is 0.461. The van der Waals surface area contributed by atoms with Gasteiger partial charge in [0.25, 0.3) is 0 Å². The first-order valence-electron chi connectivity index (χ1n) is 11.6. The molecular formula is C25H29N7O. The van der Waals surface area contributed by atoms with Crippen LogP contribution in [0, 0.1) is 26.7 Å². The number of benzene rings is 1. The predicted octanol–water partition coefficient (Wildman–Crippen LogP) is 4.84. The Morgan fingerprint density at radius 1 is 1.09 bits per heavy atom. The SMILES string of the molecule is Cc1ccc(-n2ncc3c(-n4nc(C)cc4NC(=O)CCC4CCCC4)ncnc32)c(C)c1. The Kier molecular flexibility index (Phi) is 5.66. The van der Waals surface area contributed by atoms with E-state index in [1.807, 2.05) is 23.7 Å². The molecule has 0 radical (unpaired) electrons. The van der Waals surface area contributed by atoms with Gasteiger partial charge in [-0.1, -0.05) is 43.4 Å². The number of fused-ring (bicyclic) bond motifs is 1. The molecule has 0 spiro atoms. The van der Waals surface area contributed by atoms with Crippen LogP contribution in [0.3, 0.4) is 0 Å². The summed E-state index contributed by atoms with van der Waals surface area (Å²) in [5, 5.41) is 13.0. The van der Waals surface area contributed by atoms with Gasteiger partial charge in [0, 0.05) is 12.5 Å². The second-order valence-electron chi connectivity index (χ2n) is 9.10. The molecule has 170 valence electrons. The van der Waals surface area contributed by atoms with Crippen molar-refractivity contribution >= 4 is 22.8 Å². The Balaban J connectivity index is 1.46. The van der Waals surface area contributed by atoms with Crippen molar-refractivity contribution in [1.82, 2.24) is 29.5 Å². The standard InChI is InChI=1S/C25H29N7O/c1-16-8-10-21(17(2)12-16)31-24-20(14-28-31)25(27-15-26-24)32-22(13-18(3)30-32)29-23(33)11-9-19-6-4-5-7-19/h8,10,12-15,19H,4-7,9,11H2,1-3H3,(H,29,33). The molecule has 0 bridgehead atoms. The van der Waals surface area contributed by atoms with E-state index in [4.69, 9.17) is 0 Å². The summed E-state index contributed by atoms with van der Waals surface area (Å²) in [5.74, 6) is 1.90. The number of carbonyl (C=O) groups excluding carboxylic acids is 1. The van der Waals surface area contributed by atoms with Crippen molar-refractivity contribution in [1.29, 1.82) is 0 Å². The minimum atomic E-state index is 0.0133. The minimum Gasteiger partial charge on any atom is -0.311 e. The lowest BCUT2D eigenvalue weighted by molar-refractivity contribution is -0.116. The fraction of sp³-hybridized carbons (Fsp3) is 0.400. The van der Waals surface area contributed by atoms with E-state index in [1.165, 1.54) is 37.6 Å². The molecule has 0 unspecified atom stereocenters. The lowest BCUT2D eigenvalue weighted by Crippen LogP contribution is -2.16. The van der Waals surface area contributed by atoms with Gasteiger partial charge in [-0.2, -0.15) is 14.9 Å². The largest absolute Gasteiger partial charge is 0.311 e. The number of aromatic nitrogens is 6. The van der Waals surface area contributed by atoms with Gasteiger partial charge in [-0.3, -0.25) is 4.79 Å². The second-order valence-corrected chi connectivity index (χ2v) is 9.10. The molecule has 1 fully saturated rings. The topological polar surface area (TPSA) is 90.5 Å². The van der Waals surface area contributed by atoms with Crippen molar-refractivity contribution in [2.45, 2.75) is 59.3 Å². The fourth-order valence-corrected chi connectivity index (χ4v) is 4.81. The number of anilines is 1. The van der Waals surface area contributed by atoms with E-state index in [9.17, 15) is 4.79 Å². The van der Waals surface area contributed by atoms with Gasteiger partial charge in [0.05, 0.1) is 23.0 Å². The Morgan fingerprint density at radius 2 is 1.91 bits per heavy atom. The highest BCUT2D eigenvalue weighted by Crippen LogP contribution is 2.29. The number of hydrogen-bond acceptors (Lipinski definition) is 5. The summed E-state index contributed by atoms with van der Waals surface area (Å²) in [4.78, 5) is 21.7. The fourth-order valence-electron chi connectivity index (χ4n) is 4.81. The number of nitrogens with one attached hydrogen (secondary N) is 1. The maximum absolute atomic E-state index is 12.7. The monoisotopic (exact) mass is 443 g/mol. The highest BCUT2D eigenvalue weighted by atomic mass is 16.1. The van der Waals surface area contributed by atoms with Crippen molar-refractivity contribution in [2.75, 3.05) is 5.32 Å². The van der Waals surface area contributed by atoms with Crippen LogP contribution >= 0.6 is 0 Å². The van der Waals surface area contributed by atoms with Gasteiger partial charge < -0.3 is 5.32 Å². The maximum Gasteiger partial charge on any atom is 0.225 e. The van der Waals surface area contributed by atoms with Gasteiger partial charge in [-0.15, -0.1) is 0 Å². The molecule has 0 saturated heterocycles. The van der Waals surface area contributed by atoms with Crippen LogP contribution in [0.1, 0.15) is 55.3 Å². The van der Waals surface area contributed by atoms with Gasteiger partial charge in [-0.05, 0) is 44.7 Å². The van der Waals surface area contributed by atoms with E-state index >= 15 is 0 Å².